The molecule has 1 atom stereocenters. The van der Waals surface area contributed by atoms with Crippen molar-refractivity contribution in [1.82, 2.24) is 15.1 Å². The fourth-order valence-corrected chi connectivity index (χ4v) is 4.87. The van der Waals surface area contributed by atoms with E-state index in [1.54, 1.807) is 4.90 Å². The summed E-state index contributed by atoms with van der Waals surface area (Å²) in [6, 6.07) is 13.7. The Morgan fingerprint density at radius 2 is 1.78 bits per heavy atom. The van der Waals surface area contributed by atoms with Gasteiger partial charge in [0.15, 0.2) is 0 Å². The van der Waals surface area contributed by atoms with Crippen LogP contribution in [0.3, 0.4) is 0 Å². The van der Waals surface area contributed by atoms with Crippen molar-refractivity contribution in [3.8, 4) is 5.75 Å². The first-order chi connectivity index (χ1) is 15.6. The molecule has 0 radical (unpaired) electrons. The molecule has 0 saturated carbocycles. The van der Waals surface area contributed by atoms with Gasteiger partial charge in [-0.05, 0) is 62.0 Å². The number of ether oxygens (including phenoxy) is 1. The Kier molecular flexibility index (Phi) is 5.70. The molecule has 6 heteroatoms. The fourth-order valence-electron chi connectivity index (χ4n) is 4.87. The number of hydrogen-bond acceptors (Lipinski definition) is 4. The van der Waals surface area contributed by atoms with Gasteiger partial charge in [0.1, 0.15) is 18.4 Å². The van der Waals surface area contributed by atoms with Crippen LogP contribution in [-0.4, -0.2) is 40.7 Å². The number of fused-ring (bicyclic) bond motifs is 1. The standard InChI is InChI=1S/C26H29N3O3/c1-18-7-12-23(25(30)27-18)29-16-22-21(26(29)31)5-4-6-24(22)32-17-20-10-8-19(9-11-20)15-28-13-2-3-14-28/h4-6,8-11,23H,1-3,7,12-17H2,(H,27,30). The first-order valence-corrected chi connectivity index (χ1v) is 11.4. The number of nitrogens with one attached hydrogen (secondary N) is 1. The number of carbonyl (C=O) groups is 2. The Labute approximate surface area is 188 Å². The summed E-state index contributed by atoms with van der Waals surface area (Å²) in [6.45, 7) is 8.05. The van der Waals surface area contributed by atoms with Crippen LogP contribution in [0.4, 0.5) is 0 Å². The molecule has 1 unspecified atom stereocenters. The van der Waals surface area contributed by atoms with Gasteiger partial charge < -0.3 is 15.0 Å². The lowest BCUT2D eigenvalue weighted by molar-refractivity contribution is -0.126. The summed E-state index contributed by atoms with van der Waals surface area (Å²) >= 11 is 0. The maximum absolute atomic E-state index is 13.0. The van der Waals surface area contributed by atoms with Crippen molar-refractivity contribution in [3.05, 3.63) is 77.0 Å². The molecule has 3 heterocycles. The Hall–Kier alpha value is -3.12. The number of benzene rings is 2. The minimum Gasteiger partial charge on any atom is -0.489 e. The predicted molar refractivity (Wildman–Crippen MR) is 122 cm³/mol. The third-order valence-electron chi connectivity index (χ3n) is 6.67. The van der Waals surface area contributed by atoms with E-state index < -0.39 is 6.04 Å². The first-order valence-electron chi connectivity index (χ1n) is 11.4. The molecule has 0 aromatic heterocycles. The second kappa shape index (κ2) is 8.79. The lowest BCUT2D eigenvalue weighted by Crippen LogP contribution is -2.49. The number of likely N-dealkylation sites (tertiary alicyclic amines) is 1. The van der Waals surface area contributed by atoms with Crippen LogP contribution in [0.5, 0.6) is 5.75 Å². The van der Waals surface area contributed by atoms with E-state index in [0.717, 1.165) is 17.7 Å². The van der Waals surface area contributed by atoms with Gasteiger partial charge in [0.25, 0.3) is 5.91 Å². The lowest BCUT2D eigenvalue weighted by Gasteiger charge is -2.31. The summed E-state index contributed by atoms with van der Waals surface area (Å²) in [5.74, 6) is 0.448. The van der Waals surface area contributed by atoms with Crippen molar-refractivity contribution < 1.29 is 14.3 Å². The number of rotatable bonds is 6. The number of nitrogens with zero attached hydrogens (tertiary/aromatic N) is 2. The fraction of sp³-hybridized carbons (Fsp3) is 0.385. The summed E-state index contributed by atoms with van der Waals surface area (Å²) in [5.41, 5.74) is 4.62. The number of amides is 2. The molecule has 2 amide bonds. The van der Waals surface area contributed by atoms with Gasteiger partial charge in [0, 0.05) is 23.4 Å². The molecule has 2 saturated heterocycles. The molecular weight excluding hydrogens is 402 g/mol. The van der Waals surface area contributed by atoms with Crippen molar-refractivity contribution in [2.45, 2.75) is 51.4 Å². The zero-order valence-corrected chi connectivity index (χ0v) is 18.3. The summed E-state index contributed by atoms with van der Waals surface area (Å²) in [7, 11) is 0. The van der Waals surface area contributed by atoms with Gasteiger partial charge in [-0.2, -0.15) is 0 Å². The maximum atomic E-state index is 13.0. The van der Waals surface area contributed by atoms with Gasteiger partial charge in [-0.3, -0.25) is 14.5 Å². The van der Waals surface area contributed by atoms with Crippen LogP contribution in [0.25, 0.3) is 0 Å². The highest BCUT2D eigenvalue weighted by atomic mass is 16.5. The van der Waals surface area contributed by atoms with Crippen LogP contribution in [0.1, 0.15) is 52.7 Å². The number of hydrogen-bond donors (Lipinski definition) is 1. The lowest BCUT2D eigenvalue weighted by atomic mass is 10.0. The SMILES string of the molecule is C=C1CCC(N2Cc3c(OCc4ccc(CN5CCCC5)cc4)cccc3C2=O)C(=O)N1. The number of piperidine rings is 1. The van der Waals surface area contributed by atoms with Gasteiger partial charge in [0.2, 0.25) is 5.91 Å². The van der Waals surface area contributed by atoms with Crippen LogP contribution in [0.15, 0.2) is 54.7 Å². The van der Waals surface area contributed by atoms with Crippen LogP contribution in [0, 0.1) is 0 Å². The van der Waals surface area contributed by atoms with Gasteiger partial charge in [-0.15, -0.1) is 0 Å². The molecule has 3 aliphatic heterocycles. The molecule has 0 bridgehead atoms. The Morgan fingerprint density at radius 3 is 2.53 bits per heavy atom. The Morgan fingerprint density at radius 1 is 1.03 bits per heavy atom. The highest BCUT2D eigenvalue weighted by Crippen LogP contribution is 2.34. The van der Waals surface area contributed by atoms with Gasteiger partial charge >= 0.3 is 0 Å². The molecule has 166 valence electrons. The molecule has 2 aromatic rings. The largest absolute Gasteiger partial charge is 0.489 e. The average molecular weight is 432 g/mol. The highest BCUT2D eigenvalue weighted by molar-refractivity contribution is 6.02. The van der Waals surface area contributed by atoms with E-state index in [2.05, 4.69) is 41.1 Å². The molecule has 3 aliphatic rings. The van der Waals surface area contributed by atoms with Gasteiger partial charge in [0.05, 0.1) is 6.54 Å². The topological polar surface area (TPSA) is 61.9 Å². The summed E-state index contributed by atoms with van der Waals surface area (Å²) in [4.78, 5) is 29.6. The third-order valence-corrected chi connectivity index (χ3v) is 6.67. The van der Waals surface area contributed by atoms with E-state index in [0.29, 0.717) is 43.0 Å². The van der Waals surface area contributed by atoms with Crippen LogP contribution >= 0.6 is 0 Å². The molecule has 2 aromatic carbocycles. The Balaban J connectivity index is 1.25. The molecule has 1 N–H and O–H groups in total. The second-order valence-electron chi connectivity index (χ2n) is 8.95. The molecular formula is C26H29N3O3. The van der Waals surface area contributed by atoms with Crippen molar-refractivity contribution in [3.63, 3.8) is 0 Å². The third kappa shape index (κ3) is 4.15. The molecule has 5 rings (SSSR count). The van der Waals surface area contributed by atoms with E-state index >= 15 is 0 Å². The minimum atomic E-state index is -0.462. The maximum Gasteiger partial charge on any atom is 0.255 e. The smallest absolute Gasteiger partial charge is 0.255 e. The molecule has 32 heavy (non-hydrogen) atoms. The van der Waals surface area contributed by atoms with Crippen molar-refractivity contribution in [2.24, 2.45) is 0 Å². The number of allylic oxidation sites excluding steroid dienone is 1. The summed E-state index contributed by atoms with van der Waals surface area (Å²) in [6.07, 6.45) is 3.89. The zero-order valence-electron chi connectivity index (χ0n) is 18.3. The molecule has 0 spiro atoms. The van der Waals surface area contributed by atoms with Crippen LogP contribution < -0.4 is 10.1 Å². The van der Waals surface area contributed by atoms with Crippen molar-refractivity contribution in [2.75, 3.05) is 13.1 Å². The van der Waals surface area contributed by atoms with Gasteiger partial charge in [-0.1, -0.05) is 36.9 Å². The molecule has 6 nitrogen and oxygen atoms in total. The van der Waals surface area contributed by atoms with E-state index in [1.807, 2.05) is 18.2 Å². The first kappa shape index (κ1) is 20.8. The molecule has 2 fully saturated rings. The normalized spacial score (nSPS) is 21.1. The van der Waals surface area contributed by atoms with Crippen molar-refractivity contribution >= 4 is 11.8 Å². The summed E-state index contributed by atoms with van der Waals surface area (Å²) in [5, 5.41) is 2.78. The van der Waals surface area contributed by atoms with Crippen LogP contribution in [0.2, 0.25) is 0 Å². The monoisotopic (exact) mass is 431 g/mol. The van der Waals surface area contributed by atoms with E-state index in [1.165, 1.54) is 31.5 Å². The van der Waals surface area contributed by atoms with Crippen LogP contribution in [-0.2, 0) is 24.5 Å². The molecule has 0 aliphatic carbocycles. The highest BCUT2D eigenvalue weighted by Gasteiger charge is 2.39. The minimum absolute atomic E-state index is 0.107. The summed E-state index contributed by atoms with van der Waals surface area (Å²) < 4.78 is 6.13. The Bertz CT molecular complexity index is 1040. The average Bonchev–Trinajstić information content (AvgIpc) is 3.42. The van der Waals surface area contributed by atoms with E-state index in [4.69, 9.17) is 4.74 Å². The quantitative estimate of drug-likeness (QED) is 0.759. The van der Waals surface area contributed by atoms with Crippen molar-refractivity contribution in [1.29, 1.82) is 0 Å². The van der Waals surface area contributed by atoms with Gasteiger partial charge in [-0.25, -0.2) is 0 Å². The van der Waals surface area contributed by atoms with E-state index in [9.17, 15) is 9.59 Å². The predicted octanol–water partition coefficient (Wildman–Crippen LogP) is 3.61. The number of carbonyl (C=O) groups excluding carboxylic acids is 2. The zero-order chi connectivity index (χ0) is 22.1. The van der Waals surface area contributed by atoms with E-state index in [-0.39, 0.29) is 11.8 Å². The second-order valence-corrected chi connectivity index (χ2v) is 8.95.